The third-order valence-corrected chi connectivity index (χ3v) is 7.56. The van der Waals surface area contributed by atoms with Crippen LogP contribution in [-0.2, 0) is 20.8 Å². The highest BCUT2D eigenvalue weighted by atomic mass is 32.2. The number of carboxylic acid groups (broad SMARTS) is 1. The number of benzene rings is 1. The lowest BCUT2D eigenvalue weighted by Crippen LogP contribution is -2.37. The monoisotopic (exact) mass is 481 g/mol. The molecule has 2 atom stereocenters. The molecular weight excluding hydrogens is 463 g/mol. The first-order valence-corrected chi connectivity index (χ1v) is 11.3. The Morgan fingerprint density at radius 1 is 1.18 bits per heavy atom. The fourth-order valence-corrected chi connectivity index (χ4v) is 5.81. The molecule has 4 rings (SSSR count). The first-order chi connectivity index (χ1) is 15.5. The van der Waals surface area contributed by atoms with Crippen LogP contribution in [0, 0.1) is 6.92 Å². The molecule has 174 valence electrons. The Bertz CT molecular complexity index is 1290. The molecule has 1 N–H and O–H groups in total. The minimum absolute atomic E-state index is 0.252. The lowest BCUT2D eigenvalue weighted by atomic mass is 10.2. The second kappa shape index (κ2) is 8.14. The number of nitrogens with zero attached hydrogens (tertiary/aromatic N) is 5. The van der Waals surface area contributed by atoms with Gasteiger partial charge in [-0.3, -0.25) is 0 Å². The van der Waals surface area contributed by atoms with Crippen LogP contribution >= 0.6 is 0 Å². The Balaban J connectivity index is 1.77. The first-order valence-electron chi connectivity index (χ1n) is 9.74. The predicted octanol–water partition coefficient (Wildman–Crippen LogP) is 2.50. The van der Waals surface area contributed by atoms with Crippen molar-refractivity contribution in [3.63, 3.8) is 0 Å². The highest BCUT2D eigenvalue weighted by molar-refractivity contribution is 7.92. The Kier molecular flexibility index (Phi) is 5.60. The standard InChI is InChI=1S/C20H18F3N5O4S/c1-12-9-18(28(26-12)17-7-4-8-24-25-17)27-11-13(10-15(27)19(29)30)33(31,32)16-6-3-2-5-14(16)20(21,22)23/h2-9,13,15H,10-11H2,1H3,(H,29,30). The third-order valence-electron chi connectivity index (χ3n) is 5.37. The van der Waals surface area contributed by atoms with Crippen molar-refractivity contribution in [3.8, 4) is 5.82 Å². The third kappa shape index (κ3) is 4.15. The normalized spacial score (nSPS) is 19.1. The van der Waals surface area contributed by atoms with E-state index in [1.54, 1.807) is 25.1 Å². The summed E-state index contributed by atoms with van der Waals surface area (Å²) in [7, 11) is -4.51. The molecule has 1 aliphatic heterocycles. The Morgan fingerprint density at radius 2 is 1.91 bits per heavy atom. The summed E-state index contributed by atoms with van der Waals surface area (Å²) in [6.45, 7) is 1.33. The van der Waals surface area contributed by atoms with Crippen molar-refractivity contribution in [1.82, 2.24) is 20.0 Å². The van der Waals surface area contributed by atoms with Crippen LogP contribution < -0.4 is 4.90 Å². The SMILES string of the molecule is Cc1cc(N2CC(S(=O)(=O)c3ccccc3C(F)(F)F)CC2C(=O)O)n(-c2cccnn2)n1. The zero-order valence-electron chi connectivity index (χ0n) is 17.1. The largest absolute Gasteiger partial charge is 0.480 e. The quantitative estimate of drug-likeness (QED) is 0.591. The number of sulfone groups is 1. The van der Waals surface area contributed by atoms with Crippen LogP contribution in [-0.4, -0.2) is 57.3 Å². The Morgan fingerprint density at radius 3 is 2.55 bits per heavy atom. The number of halogens is 3. The summed E-state index contributed by atoms with van der Waals surface area (Å²) in [4.78, 5) is 12.4. The summed E-state index contributed by atoms with van der Waals surface area (Å²) in [5.41, 5.74) is -0.774. The van der Waals surface area contributed by atoms with Crippen LogP contribution in [0.2, 0.25) is 0 Å². The van der Waals surface area contributed by atoms with Gasteiger partial charge in [0.1, 0.15) is 11.9 Å². The van der Waals surface area contributed by atoms with Gasteiger partial charge in [-0.05, 0) is 37.6 Å². The molecule has 1 aromatic carbocycles. The summed E-state index contributed by atoms with van der Waals surface area (Å²) >= 11 is 0. The first kappa shape index (κ1) is 22.7. The second-order valence-corrected chi connectivity index (χ2v) is 9.74. The highest BCUT2D eigenvalue weighted by Gasteiger charge is 2.47. The van der Waals surface area contributed by atoms with Crippen molar-refractivity contribution < 1.29 is 31.5 Å². The number of hydrogen-bond donors (Lipinski definition) is 1. The molecule has 0 spiro atoms. The number of aromatic nitrogens is 4. The van der Waals surface area contributed by atoms with Gasteiger partial charge in [0.2, 0.25) is 0 Å². The summed E-state index contributed by atoms with van der Waals surface area (Å²) in [5.74, 6) is -0.776. The van der Waals surface area contributed by atoms with Gasteiger partial charge < -0.3 is 10.0 Å². The fourth-order valence-electron chi connectivity index (χ4n) is 3.90. The molecule has 0 aliphatic carbocycles. The molecule has 2 aromatic heterocycles. The van der Waals surface area contributed by atoms with E-state index < -0.39 is 50.2 Å². The lowest BCUT2D eigenvalue weighted by molar-refractivity contribution is -0.140. The van der Waals surface area contributed by atoms with E-state index in [1.165, 1.54) is 21.8 Å². The van der Waals surface area contributed by atoms with Crippen LogP contribution in [0.5, 0.6) is 0 Å². The zero-order valence-corrected chi connectivity index (χ0v) is 18.0. The molecule has 3 aromatic rings. The summed E-state index contributed by atoms with van der Waals surface area (Å²) in [5, 5.41) is 20.4. The highest BCUT2D eigenvalue weighted by Crippen LogP contribution is 2.38. The molecule has 9 nitrogen and oxygen atoms in total. The van der Waals surface area contributed by atoms with E-state index in [0.29, 0.717) is 11.8 Å². The smallest absolute Gasteiger partial charge is 0.417 e. The predicted molar refractivity (Wildman–Crippen MR) is 110 cm³/mol. The summed E-state index contributed by atoms with van der Waals surface area (Å²) in [6.07, 6.45) is -3.83. The van der Waals surface area contributed by atoms with Gasteiger partial charge in [-0.15, -0.1) is 5.10 Å². The van der Waals surface area contributed by atoms with Crippen molar-refractivity contribution in [1.29, 1.82) is 0 Å². The van der Waals surface area contributed by atoms with Crippen molar-refractivity contribution in [2.75, 3.05) is 11.4 Å². The van der Waals surface area contributed by atoms with Gasteiger partial charge in [0.25, 0.3) is 0 Å². The van der Waals surface area contributed by atoms with Crippen LogP contribution in [0.3, 0.4) is 0 Å². The minimum Gasteiger partial charge on any atom is -0.480 e. The molecular formula is C20H18F3N5O4S. The molecule has 33 heavy (non-hydrogen) atoms. The molecule has 1 fully saturated rings. The molecule has 1 saturated heterocycles. The number of aliphatic carboxylic acids is 1. The summed E-state index contributed by atoms with van der Waals surface area (Å²) < 4.78 is 68.2. The molecule has 13 heteroatoms. The van der Waals surface area contributed by atoms with Crippen molar-refractivity contribution >= 4 is 21.6 Å². The van der Waals surface area contributed by atoms with Gasteiger partial charge in [-0.2, -0.15) is 28.1 Å². The van der Waals surface area contributed by atoms with Gasteiger partial charge >= 0.3 is 12.1 Å². The number of anilines is 1. The van der Waals surface area contributed by atoms with E-state index in [1.807, 2.05) is 0 Å². The van der Waals surface area contributed by atoms with E-state index in [-0.39, 0.29) is 18.2 Å². The maximum atomic E-state index is 13.5. The van der Waals surface area contributed by atoms with E-state index in [0.717, 1.165) is 12.1 Å². The van der Waals surface area contributed by atoms with Gasteiger partial charge in [0, 0.05) is 18.8 Å². The molecule has 0 saturated carbocycles. The fraction of sp³-hybridized carbons (Fsp3) is 0.300. The van der Waals surface area contributed by atoms with Gasteiger partial charge in [0.05, 0.1) is 21.4 Å². The molecule has 1 aliphatic rings. The Hall–Kier alpha value is -3.48. The number of carbonyl (C=O) groups is 1. The van der Waals surface area contributed by atoms with Crippen molar-refractivity contribution in [3.05, 3.63) is 59.9 Å². The Labute approximate surface area is 186 Å². The van der Waals surface area contributed by atoms with Crippen LogP contribution in [0.4, 0.5) is 19.0 Å². The molecule has 0 amide bonds. The van der Waals surface area contributed by atoms with Crippen molar-refractivity contribution in [2.45, 2.75) is 35.7 Å². The number of carboxylic acids is 1. The number of aryl methyl sites for hydroxylation is 1. The molecule has 3 heterocycles. The number of rotatable bonds is 5. The number of hydrogen-bond acceptors (Lipinski definition) is 7. The van der Waals surface area contributed by atoms with Gasteiger partial charge in [-0.25, -0.2) is 13.2 Å². The van der Waals surface area contributed by atoms with Gasteiger partial charge in [0.15, 0.2) is 15.7 Å². The van der Waals surface area contributed by atoms with Crippen LogP contribution in [0.15, 0.2) is 53.6 Å². The maximum absolute atomic E-state index is 13.5. The lowest BCUT2D eigenvalue weighted by Gasteiger charge is -2.23. The average molecular weight is 481 g/mol. The van der Waals surface area contributed by atoms with Crippen LogP contribution in [0.25, 0.3) is 5.82 Å². The van der Waals surface area contributed by atoms with E-state index in [4.69, 9.17) is 0 Å². The van der Waals surface area contributed by atoms with E-state index in [9.17, 15) is 31.5 Å². The van der Waals surface area contributed by atoms with Gasteiger partial charge in [-0.1, -0.05) is 12.1 Å². The molecule has 0 bridgehead atoms. The van der Waals surface area contributed by atoms with Crippen LogP contribution in [0.1, 0.15) is 17.7 Å². The maximum Gasteiger partial charge on any atom is 0.417 e. The van der Waals surface area contributed by atoms with E-state index in [2.05, 4.69) is 15.3 Å². The zero-order chi connectivity index (χ0) is 24.0. The van der Waals surface area contributed by atoms with Crippen molar-refractivity contribution in [2.24, 2.45) is 0 Å². The average Bonchev–Trinajstić information content (AvgIpc) is 3.38. The second-order valence-electron chi connectivity index (χ2n) is 7.54. The molecule has 0 radical (unpaired) electrons. The van der Waals surface area contributed by atoms with E-state index >= 15 is 0 Å². The topological polar surface area (TPSA) is 118 Å². The minimum atomic E-state index is -4.88. The summed E-state index contributed by atoms with van der Waals surface area (Å²) in [6, 6.07) is 7.34. The number of alkyl halides is 3. The molecule has 2 unspecified atom stereocenters.